The quantitative estimate of drug-likeness (QED) is 0.946. The standard InChI is InChI=1S/C15H14F3N3O/c1-21-8-9(7-19-21)20-14(22)12-6-11(12)10-4-2-3-5-13(10)15(16,17)18/h2-5,7-8,11-12H,6H2,1H3,(H,20,22)/t11-,12+/m0/s1. The van der Waals surface area contributed by atoms with Crippen molar-refractivity contribution in [3.63, 3.8) is 0 Å². The Morgan fingerprint density at radius 3 is 2.73 bits per heavy atom. The van der Waals surface area contributed by atoms with E-state index in [1.165, 1.54) is 18.3 Å². The molecule has 1 aliphatic carbocycles. The molecule has 1 fully saturated rings. The van der Waals surface area contributed by atoms with Gasteiger partial charge < -0.3 is 5.32 Å². The maximum atomic E-state index is 13.0. The topological polar surface area (TPSA) is 46.9 Å². The Hall–Kier alpha value is -2.31. The van der Waals surface area contributed by atoms with E-state index in [4.69, 9.17) is 0 Å². The number of carbonyl (C=O) groups excluding carboxylic acids is 1. The van der Waals surface area contributed by atoms with Crippen LogP contribution in [0.15, 0.2) is 36.7 Å². The van der Waals surface area contributed by atoms with E-state index in [1.54, 1.807) is 24.0 Å². The molecule has 22 heavy (non-hydrogen) atoms. The summed E-state index contributed by atoms with van der Waals surface area (Å²) in [5, 5.41) is 6.61. The average Bonchev–Trinajstić information content (AvgIpc) is 3.15. The van der Waals surface area contributed by atoms with Gasteiger partial charge in [0, 0.05) is 19.2 Å². The van der Waals surface area contributed by atoms with Gasteiger partial charge in [-0.2, -0.15) is 18.3 Å². The van der Waals surface area contributed by atoms with Gasteiger partial charge in [0.1, 0.15) is 0 Å². The molecule has 7 heteroatoms. The van der Waals surface area contributed by atoms with Gasteiger partial charge >= 0.3 is 6.18 Å². The summed E-state index contributed by atoms with van der Waals surface area (Å²) in [4.78, 5) is 12.1. The second-order valence-corrected chi connectivity index (χ2v) is 5.43. The molecule has 0 saturated heterocycles. The van der Waals surface area contributed by atoms with E-state index in [0.29, 0.717) is 12.1 Å². The summed E-state index contributed by atoms with van der Waals surface area (Å²) in [6.07, 6.45) is -0.833. The third-order valence-corrected chi connectivity index (χ3v) is 3.77. The van der Waals surface area contributed by atoms with Crippen LogP contribution in [0, 0.1) is 5.92 Å². The molecule has 1 N–H and O–H groups in total. The van der Waals surface area contributed by atoms with Crippen molar-refractivity contribution in [2.24, 2.45) is 13.0 Å². The predicted octanol–water partition coefficient (Wildman–Crippen LogP) is 3.18. The Labute approximate surface area is 124 Å². The molecule has 0 radical (unpaired) electrons. The first kappa shape index (κ1) is 14.6. The van der Waals surface area contributed by atoms with Gasteiger partial charge in [0.05, 0.1) is 17.4 Å². The van der Waals surface area contributed by atoms with E-state index < -0.39 is 17.7 Å². The van der Waals surface area contributed by atoms with Crippen molar-refractivity contribution >= 4 is 11.6 Å². The van der Waals surface area contributed by atoms with E-state index >= 15 is 0 Å². The van der Waals surface area contributed by atoms with Crippen molar-refractivity contribution in [2.75, 3.05) is 5.32 Å². The maximum absolute atomic E-state index is 13.0. The van der Waals surface area contributed by atoms with Crippen LogP contribution in [0.1, 0.15) is 23.5 Å². The molecule has 1 aromatic carbocycles. The van der Waals surface area contributed by atoms with Crippen LogP contribution in [0.5, 0.6) is 0 Å². The highest BCUT2D eigenvalue weighted by Crippen LogP contribution is 2.51. The Morgan fingerprint density at radius 2 is 2.09 bits per heavy atom. The number of alkyl halides is 3. The molecule has 4 nitrogen and oxygen atoms in total. The first-order valence-electron chi connectivity index (χ1n) is 6.82. The smallest absolute Gasteiger partial charge is 0.323 e. The van der Waals surface area contributed by atoms with Crippen LogP contribution in [0.4, 0.5) is 18.9 Å². The van der Waals surface area contributed by atoms with Crippen molar-refractivity contribution in [3.05, 3.63) is 47.8 Å². The molecule has 0 bridgehead atoms. The highest BCUT2D eigenvalue weighted by atomic mass is 19.4. The zero-order valence-corrected chi connectivity index (χ0v) is 11.8. The summed E-state index contributed by atoms with van der Waals surface area (Å²) in [5.41, 5.74) is 0.0836. The predicted molar refractivity (Wildman–Crippen MR) is 74.1 cm³/mol. The summed E-state index contributed by atoms with van der Waals surface area (Å²) in [7, 11) is 1.72. The summed E-state index contributed by atoms with van der Waals surface area (Å²) < 4.78 is 40.5. The van der Waals surface area contributed by atoms with E-state index in [-0.39, 0.29) is 17.4 Å². The molecule has 1 saturated carbocycles. The molecule has 116 valence electrons. The Morgan fingerprint density at radius 1 is 1.36 bits per heavy atom. The molecular weight excluding hydrogens is 295 g/mol. The number of nitrogens with one attached hydrogen (secondary N) is 1. The number of nitrogens with zero attached hydrogens (tertiary/aromatic N) is 2. The van der Waals surface area contributed by atoms with Crippen LogP contribution >= 0.6 is 0 Å². The first-order chi connectivity index (χ1) is 10.4. The molecule has 2 aromatic rings. The second kappa shape index (κ2) is 5.15. The van der Waals surface area contributed by atoms with E-state index in [2.05, 4.69) is 10.4 Å². The zero-order chi connectivity index (χ0) is 15.9. The van der Waals surface area contributed by atoms with Gasteiger partial charge in [-0.15, -0.1) is 0 Å². The molecule has 1 aromatic heterocycles. The lowest BCUT2D eigenvalue weighted by Gasteiger charge is -2.12. The fourth-order valence-corrected chi connectivity index (χ4v) is 2.63. The Balaban J connectivity index is 1.73. The number of hydrogen-bond acceptors (Lipinski definition) is 2. The van der Waals surface area contributed by atoms with Crippen molar-refractivity contribution in [2.45, 2.75) is 18.5 Å². The average molecular weight is 309 g/mol. The highest BCUT2D eigenvalue weighted by molar-refractivity contribution is 5.95. The molecule has 3 rings (SSSR count). The van der Waals surface area contributed by atoms with Gasteiger partial charge in [-0.3, -0.25) is 9.48 Å². The molecule has 2 atom stereocenters. The normalized spacial score (nSPS) is 20.7. The van der Waals surface area contributed by atoms with E-state index in [0.717, 1.165) is 6.07 Å². The summed E-state index contributed by atoms with van der Waals surface area (Å²) >= 11 is 0. The molecule has 1 aliphatic rings. The van der Waals surface area contributed by atoms with E-state index in [9.17, 15) is 18.0 Å². The molecule has 1 amide bonds. The largest absolute Gasteiger partial charge is 0.416 e. The third kappa shape index (κ3) is 2.84. The van der Waals surface area contributed by atoms with E-state index in [1.807, 2.05) is 0 Å². The van der Waals surface area contributed by atoms with Crippen LogP contribution in [0.3, 0.4) is 0 Å². The number of anilines is 1. The van der Waals surface area contributed by atoms with Crippen molar-refractivity contribution in [3.8, 4) is 0 Å². The summed E-state index contributed by atoms with van der Waals surface area (Å²) in [6, 6.07) is 5.44. The monoisotopic (exact) mass is 309 g/mol. The summed E-state index contributed by atoms with van der Waals surface area (Å²) in [6.45, 7) is 0. The number of amides is 1. The van der Waals surface area contributed by atoms with Gasteiger partial charge in [0.25, 0.3) is 0 Å². The Kier molecular flexibility index (Phi) is 3.42. The number of hydrogen-bond donors (Lipinski definition) is 1. The zero-order valence-electron chi connectivity index (χ0n) is 11.8. The lowest BCUT2D eigenvalue weighted by molar-refractivity contribution is -0.138. The molecule has 0 aliphatic heterocycles. The van der Waals surface area contributed by atoms with Gasteiger partial charge in [-0.1, -0.05) is 18.2 Å². The minimum atomic E-state index is -4.40. The maximum Gasteiger partial charge on any atom is 0.416 e. The number of halogens is 3. The fraction of sp³-hybridized carbons (Fsp3) is 0.333. The van der Waals surface area contributed by atoms with Crippen LogP contribution in [-0.4, -0.2) is 15.7 Å². The van der Waals surface area contributed by atoms with Crippen molar-refractivity contribution in [1.29, 1.82) is 0 Å². The Bertz CT molecular complexity index is 708. The SMILES string of the molecule is Cn1cc(NC(=O)[C@@H]2C[C@H]2c2ccccc2C(F)(F)F)cn1. The lowest BCUT2D eigenvalue weighted by atomic mass is 10.0. The first-order valence-corrected chi connectivity index (χ1v) is 6.82. The van der Waals surface area contributed by atoms with Crippen molar-refractivity contribution < 1.29 is 18.0 Å². The fourth-order valence-electron chi connectivity index (χ4n) is 2.63. The lowest BCUT2D eigenvalue weighted by Crippen LogP contribution is -2.15. The molecule has 0 spiro atoms. The minimum Gasteiger partial charge on any atom is -0.323 e. The van der Waals surface area contributed by atoms with Crippen LogP contribution in [-0.2, 0) is 18.0 Å². The van der Waals surface area contributed by atoms with Crippen LogP contribution < -0.4 is 5.32 Å². The van der Waals surface area contributed by atoms with Crippen LogP contribution in [0.2, 0.25) is 0 Å². The number of rotatable bonds is 3. The second-order valence-electron chi connectivity index (χ2n) is 5.43. The molecule has 0 unspecified atom stereocenters. The van der Waals surface area contributed by atoms with Crippen molar-refractivity contribution in [1.82, 2.24) is 9.78 Å². The third-order valence-electron chi connectivity index (χ3n) is 3.77. The van der Waals surface area contributed by atoms with Gasteiger partial charge in [0.2, 0.25) is 5.91 Å². The number of carbonyl (C=O) groups is 1. The number of benzene rings is 1. The van der Waals surface area contributed by atoms with Gasteiger partial charge in [-0.25, -0.2) is 0 Å². The highest BCUT2D eigenvalue weighted by Gasteiger charge is 2.47. The van der Waals surface area contributed by atoms with Gasteiger partial charge in [-0.05, 0) is 24.0 Å². The van der Waals surface area contributed by atoms with Gasteiger partial charge in [0.15, 0.2) is 0 Å². The molecule has 1 heterocycles. The number of aryl methyl sites for hydroxylation is 1. The van der Waals surface area contributed by atoms with Crippen LogP contribution in [0.25, 0.3) is 0 Å². The molecular formula is C15H14F3N3O. The summed E-state index contributed by atoms with van der Waals surface area (Å²) in [5.74, 6) is -1.08. The number of aromatic nitrogens is 2. The minimum absolute atomic E-state index is 0.196.